The zero-order chi connectivity index (χ0) is 7.72. The van der Waals surface area contributed by atoms with Crippen molar-refractivity contribution in [3.8, 4) is 0 Å². The van der Waals surface area contributed by atoms with Crippen molar-refractivity contribution in [2.75, 3.05) is 6.61 Å². The Hall–Kier alpha value is -0.720. The van der Waals surface area contributed by atoms with Gasteiger partial charge >= 0.3 is 0 Å². The molecule has 0 amide bonds. The Morgan fingerprint density at radius 2 is 2.67 bits per heavy atom. The lowest BCUT2D eigenvalue weighted by Gasteiger charge is -1.94. The van der Waals surface area contributed by atoms with Crippen molar-refractivity contribution in [2.24, 2.45) is 0 Å². The fourth-order valence-electron chi connectivity index (χ4n) is 0.214. The van der Waals surface area contributed by atoms with Gasteiger partial charge in [-0.1, -0.05) is 6.05 Å². The summed E-state index contributed by atoms with van der Waals surface area (Å²) < 4.78 is 32.6. The second-order valence-corrected chi connectivity index (χ2v) is 0.818. The van der Waals surface area contributed by atoms with E-state index in [0.29, 0.717) is 0 Å². The number of hydrogen-bond acceptors (Lipinski definition) is 1. The smallest absolute Gasteiger partial charge is 0.106 e. The molecule has 0 unspecified atom stereocenters. The quantitative estimate of drug-likeness (QED) is 0.428. The van der Waals surface area contributed by atoms with Crippen LogP contribution in [0.3, 0.4) is 0 Å². The highest BCUT2D eigenvalue weighted by atomic mass is 16.5. The van der Waals surface area contributed by atoms with Crippen LogP contribution in [-0.4, -0.2) is 6.61 Å². The Labute approximate surface area is 42.5 Å². The molecule has 0 aromatic carbocycles. The van der Waals surface area contributed by atoms with E-state index in [-0.39, 0.29) is 31.0 Å². The second-order valence-electron chi connectivity index (χ2n) is 0.818. The molecule has 0 radical (unpaired) electrons. The van der Waals surface area contributed by atoms with Crippen molar-refractivity contribution < 1.29 is 10.2 Å². The maximum Gasteiger partial charge on any atom is 0.106 e. The monoisotopic (exact) mass is 86.1 g/mol. The Balaban J connectivity index is 3.01. The first kappa shape index (κ1) is 1.12. The zero-order valence-electron chi connectivity index (χ0n) is 7.12. The molecule has 0 atom stereocenters. The molecule has 1 aliphatic heterocycles. The first-order valence-corrected chi connectivity index (χ1v) is 1.60. The number of ether oxygens (including phenoxy) is 1. The van der Waals surface area contributed by atoms with E-state index in [0.717, 1.165) is 0 Å². The average molecular weight is 86.1 g/mol. The minimum Gasteiger partial charge on any atom is -0.497 e. The number of hydrogen-bond donors (Lipinski definition) is 0. The standard InChI is InChI=1S/C5H6O/c1-2-4-6-5-3-1/h1-4H,5H2/i1D,2D,3D,4D. The summed E-state index contributed by atoms with van der Waals surface area (Å²) in [6.45, 7) is -0.0555. The van der Waals surface area contributed by atoms with E-state index in [2.05, 4.69) is 4.74 Å². The molecule has 1 heteroatoms. The molecule has 6 heavy (non-hydrogen) atoms. The van der Waals surface area contributed by atoms with Gasteiger partial charge in [0.15, 0.2) is 0 Å². The average Bonchev–Trinajstić information content (AvgIpc) is 1.93. The molecule has 1 aliphatic rings. The molecule has 0 spiro atoms. The zero-order valence-corrected chi connectivity index (χ0v) is 3.12. The summed E-state index contributed by atoms with van der Waals surface area (Å²) in [5.74, 6) is 0. The van der Waals surface area contributed by atoms with Crippen LogP contribution in [-0.2, 0) is 4.74 Å². The maximum atomic E-state index is 7.06. The predicted octanol–water partition coefficient (Wildman–Crippen LogP) is 1.09. The predicted molar refractivity (Wildman–Crippen MR) is 24.2 cm³/mol. The van der Waals surface area contributed by atoms with Crippen molar-refractivity contribution >= 4 is 0 Å². The highest BCUT2D eigenvalue weighted by molar-refractivity contribution is 5.02. The molecular formula is C5H6O. The highest BCUT2D eigenvalue weighted by Gasteiger charge is 1.75. The summed E-state index contributed by atoms with van der Waals surface area (Å²) in [6.07, 6.45) is -0.319. The van der Waals surface area contributed by atoms with E-state index in [4.69, 9.17) is 5.48 Å². The van der Waals surface area contributed by atoms with Gasteiger partial charge in [-0.2, -0.15) is 0 Å². The topological polar surface area (TPSA) is 9.23 Å². The van der Waals surface area contributed by atoms with Crippen LogP contribution in [0.15, 0.2) is 24.4 Å². The Morgan fingerprint density at radius 3 is 3.50 bits per heavy atom. The molecule has 1 heterocycles. The fraction of sp³-hybridized carbons (Fsp3) is 0.200. The Morgan fingerprint density at radius 1 is 1.67 bits per heavy atom. The van der Waals surface area contributed by atoms with E-state index in [1.165, 1.54) is 0 Å². The van der Waals surface area contributed by atoms with E-state index in [1.54, 1.807) is 0 Å². The van der Waals surface area contributed by atoms with E-state index in [1.807, 2.05) is 0 Å². The second kappa shape index (κ2) is 1.65. The molecule has 0 fully saturated rings. The minimum absolute atomic E-state index is 0.0407. The third-order valence-electron chi connectivity index (χ3n) is 0.418. The molecule has 0 bridgehead atoms. The van der Waals surface area contributed by atoms with Crippen molar-refractivity contribution in [3.63, 3.8) is 0 Å². The Bertz CT molecular complexity index is 194. The van der Waals surface area contributed by atoms with E-state index >= 15 is 0 Å². The molecule has 1 nitrogen and oxygen atoms in total. The number of allylic oxidation sites excluding steroid dienone is 2. The van der Waals surface area contributed by atoms with E-state index < -0.39 is 0 Å². The lowest BCUT2D eigenvalue weighted by molar-refractivity contribution is 0.286. The molecule has 0 aromatic rings. The third kappa shape index (κ3) is 0.612. The van der Waals surface area contributed by atoms with Crippen molar-refractivity contribution in [1.29, 1.82) is 0 Å². The first-order chi connectivity index (χ1) is 4.63. The van der Waals surface area contributed by atoms with Gasteiger partial charge in [-0.15, -0.1) is 0 Å². The summed E-state index contributed by atoms with van der Waals surface area (Å²) in [4.78, 5) is 0. The maximum absolute atomic E-state index is 7.06. The van der Waals surface area contributed by atoms with E-state index in [9.17, 15) is 0 Å². The molecule has 0 saturated carbocycles. The lowest BCUT2D eigenvalue weighted by Crippen LogP contribution is -1.82. The van der Waals surface area contributed by atoms with Crippen LogP contribution in [0.2, 0.25) is 0 Å². The van der Waals surface area contributed by atoms with Gasteiger partial charge in [-0.05, 0) is 12.1 Å². The third-order valence-corrected chi connectivity index (χ3v) is 0.418. The molecule has 0 saturated heterocycles. The summed E-state index contributed by atoms with van der Waals surface area (Å²) in [6, 6.07) is -0.562. The van der Waals surface area contributed by atoms with Gasteiger partial charge in [-0.3, -0.25) is 0 Å². The minimum atomic E-state index is -0.319. The van der Waals surface area contributed by atoms with Crippen LogP contribution in [0.5, 0.6) is 0 Å². The Kier molecular flexibility index (Phi) is 0.309. The van der Waals surface area contributed by atoms with Crippen molar-refractivity contribution in [2.45, 2.75) is 0 Å². The van der Waals surface area contributed by atoms with Gasteiger partial charge in [0.25, 0.3) is 0 Å². The molecule has 0 aliphatic carbocycles. The van der Waals surface area contributed by atoms with Crippen molar-refractivity contribution in [1.82, 2.24) is 0 Å². The fourth-order valence-corrected chi connectivity index (χ4v) is 0.214. The van der Waals surface area contributed by atoms with Crippen LogP contribution in [0.1, 0.15) is 5.48 Å². The summed E-state index contributed by atoms with van der Waals surface area (Å²) >= 11 is 0. The first-order valence-electron chi connectivity index (χ1n) is 3.60. The highest BCUT2D eigenvalue weighted by Crippen LogP contribution is 1.87. The van der Waals surface area contributed by atoms with Gasteiger partial charge in [0.1, 0.15) is 7.98 Å². The molecule has 1 rings (SSSR count). The molecular weight excluding hydrogens is 76.1 g/mol. The van der Waals surface area contributed by atoms with Gasteiger partial charge in [-0.25, -0.2) is 0 Å². The summed E-state index contributed by atoms with van der Waals surface area (Å²) in [5.41, 5.74) is 0. The largest absolute Gasteiger partial charge is 0.497 e. The van der Waals surface area contributed by atoms with Gasteiger partial charge in [0.2, 0.25) is 0 Å². The number of rotatable bonds is 0. The van der Waals surface area contributed by atoms with Crippen LogP contribution in [0.4, 0.5) is 0 Å². The lowest BCUT2D eigenvalue weighted by atomic mass is 10.5. The SMILES string of the molecule is [2H]C1=C([2H])C([2H])=C([2H])OC1. The van der Waals surface area contributed by atoms with Gasteiger partial charge in [0, 0.05) is 0 Å². The molecule has 0 aromatic heterocycles. The normalized spacial score (nSPS) is 33.3. The van der Waals surface area contributed by atoms with Crippen LogP contribution < -0.4 is 0 Å². The van der Waals surface area contributed by atoms with Gasteiger partial charge < -0.3 is 4.74 Å². The summed E-state index contributed by atoms with van der Waals surface area (Å²) in [7, 11) is 0. The van der Waals surface area contributed by atoms with Gasteiger partial charge in [0.05, 0.1) is 10.4 Å². The summed E-state index contributed by atoms with van der Waals surface area (Å²) in [5, 5.41) is 0. The van der Waals surface area contributed by atoms with Crippen LogP contribution in [0, 0.1) is 0 Å². The molecule has 0 N–H and O–H groups in total. The van der Waals surface area contributed by atoms with Crippen LogP contribution >= 0.6 is 0 Å². The molecule has 32 valence electrons. The van der Waals surface area contributed by atoms with Crippen LogP contribution in [0.25, 0.3) is 0 Å². The van der Waals surface area contributed by atoms with Crippen molar-refractivity contribution in [3.05, 3.63) is 24.4 Å².